The van der Waals surface area contributed by atoms with Crippen molar-refractivity contribution in [3.63, 3.8) is 0 Å². The Morgan fingerprint density at radius 2 is 2.12 bits per heavy atom. The highest BCUT2D eigenvalue weighted by molar-refractivity contribution is 5.41. The van der Waals surface area contributed by atoms with E-state index in [-0.39, 0.29) is 6.04 Å². The molecule has 94 valence electrons. The Hall–Kier alpha value is -1.09. The van der Waals surface area contributed by atoms with Crippen LogP contribution >= 0.6 is 0 Å². The van der Waals surface area contributed by atoms with E-state index in [2.05, 4.69) is 35.9 Å². The number of rotatable bonds is 3. The first kappa shape index (κ1) is 12.4. The highest BCUT2D eigenvalue weighted by atomic mass is 15.2. The van der Waals surface area contributed by atoms with Crippen molar-refractivity contribution < 1.29 is 0 Å². The van der Waals surface area contributed by atoms with E-state index >= 15 is 0 Å². The summed E-state index contributed by atoms with van der Waals surface area (Å²) in [7, 11) is 0. The predicted molar refractivity (Wildman–Crippen MR) is 72.0 cm³/mol. The minimum absolute atomic E-state index is 0.0681. The van der Waals surface area contributed by atoms with E-state index < -0.39 is 0 Å². The molecule has 2 rings (SSSR count). The fourth-order valence-corrected chi connectivity index (χ4v) is 2.39. The van der Waals surface area contributed by atoms with Crippen molar-refractivity contribution in [1.29, 1.82) is 0 Å². The third kappa shape index (κ3) is 2.78. The van der Waals surface area contributed by atoms with Crippen LogP contribution in [0.4, 0.5) is 5.82 Å². The zero-order chi connectivity index (χ0) is 12.4. The van der Waals surface area contributed by atoms with Crippen LogP contribution in [0.5, 0.6) is 0 Å². The zero-order valence-electron chi connectivity index (χ0n) is 11.1. The Labute approximate surface area is 104 Å². The number of anilines is 1. The number of hydrogen-bond donors (Lipinski definition) is 1. The van der Waals surface area contributed by atoms with E-state index in [0.717, 1.165) is 36.3 Å². The zero-order valence-corrected chi connectivity index (χ0v) is 11.1. The second kappa shape index (κ2) is 5.05. The van der Waals surface area contributed by atoms with E-state index in [1.54, 1.807) is 0 Å². The van der Waals surface area contributed by atoms with Gasteiger partial charge in [0.1, 0.15) is 5.82 Å². The van der Waals surface area contributed by atoms with Gasteiger partial charge in [0, 0.05) is 25.3 Å². The lowest BCUT2D eigenvalue weighted by atomic mass is 9.95. The Kier molecular flexibility index (Phi) is 3.67. The molecule has 0 bridgehead atoms. The quantitative estimate of drug-likeness (QED) is 0.872. The normalized spacial score (nSPS) is 22.2. The summed E-state index contributed by atoms with van der Waals surface area (Å²) >= 11 is 0. The summed E-state index contributed by atoms with van der Waals surface area (Å²) in [5, 5.41) is 0. The van der Waals surface area contributed by atoms with Gasteiger partial charge in [0.05, 0.1) is 0 Å². The van der Waals surface area contributed by atoms with Crippen LogP contribution in [0, 0.1) is 11.8 Å². The molecule has 17 heavy (non-hydrogen) atoms. The van der Waals surface area contributed by atoms with Crippen LogP contribution in [0.1, 0.15) is 38.8 Å². The van der Waals surface area contributed by atoms with Gasteiger partial charge in [0.25, 0.3) is 0 Å². The van der Waals surface area contributed by atoms with Gasteiger partial charge in [0.15, 0.2) is 0 Å². The average molecular weight is 233 g/mol. The van der Waals surface area contributed by atoms with E-state index in [0.29, 0.717) is 0 Å². The molecule has 1 aliphatic rings. The van der Waals surface area contributed by atoms with Gasteiger partial charge in [-0.1, -0.05) is 19.9 Å². The van der Waals surface area contributed by atoms with Gasteiger partial charge in [0.2, 0.25) is 0 Å². The lowest BCUT2D eigenvalue weighted by Crippen LogP contribution is -2.22. The van der Waals surface area contributed by atoms with Crippen LogP contribution in [0.25, 0.3) is 0 Å². The van der Waals surface area contributed by atoms with Gasteiger partial charge in [-0.15, -0.1) is 0 Å². The van der Waals surface area contributed by atoms with Gasteiger partial charge in [-0.3, -0.25) is 0 Å². The smallest absolute Gasteiger partial charge is 0.128 e. The molecule has 0 amide bonds. The monoisotopic (exact) mass is 233 g/mol. The summed E-state index contributed by atoms with van der Waals surface area (Å²) in [4.78, 5) is 6.91. The second-order valence-corrected chi connectivity index (χ2v) is 5.48. The van der Waals surface area contributed by atoms with Gasteiger partial charge >= 0.3 is 0 Å². The summed E-state index contributed by atoms with van der Waals surface area (Å²) in [6, 6.07) is 4.26. The molecule has 2 N–H and O–H groups in total. The summed E-state index contributed by atoms with van der Waals surface area (Å²) in [6.07, 6.45) is 3.19. The first-order chi connectivity index (χ1) is 8.08. The summed E-state index contributed by atoms with van der Waals surface area (Å²) in [5.41, 5.74) is 6.93. The van der Waals surface area contributed by atoms with Crippen LogP contribution in [0.3, 0.4) is 0 Å². The van der Waals surface area contributed by atoms with E-state index in [9.17, 15) is 0 Å². The molecular formula is C14H23N3. The highest BCUT2D eigenvalue weighted by Gasteiger charge is 2.25. The molecule has 0 aliphatic carbocycles. The summed E-state index contributed by atoms with van der Waals surface area (Å²) in [5.74, 6) is 2.67. The third-order valence-corrected chi connectivity index (χ3v) is 3.79. The van der Waals surface area contributed by atoms with Gasteiger partial charge in [-0.25, -0.2) is 4.98 Å². The van der Waals surface area contributed by atoms with Crippen molar-refractivity contribution in [2.75, 3.05) is 18.0 Å². The topological polar surface area (TPSA) is 42.1 Å². The van der Waals surface area contributed by atoms with Gasteiger partial charge in [-0.2, -0.15) is 0 Å². The first-order valence-corrected chi connectivity index (χ1v) is 6.54. The molecule has 2 heterocycles. The van der Waals surface area contributed by atoms with Crippen molar-refractivity contribution in [3.8, 4) is 0 Å². The van der Waals surface area contributed by atoms with Crippen LogP contribution in [-0.4, -0.2) is 18.1 Å². The molecule has 0 aromatic carbocycles. The van der Waals surface area contributed by atoms with E-state index in [1.165, 1.54) is 6.42 Å². The van der Waals surface area contributed by atoms with Gasteiger partial charge in [-0.05, 0) is 36.8 Å². The Balaban J connectivity index is 2.04. The van der Waals surface area contributed by atoms with E-state index in [4.69, 9.17) is 5.73 Å². The van der Waals surface area contributed by atoms with Crippen molar-refractivity contribution in [1.82, 2.24) is 4.98 Å². The number of pyridine rings is 1. The molecule has 3 nitrogen and oxygen atoms in total. The third-order valence-electron chi connectivity index (χ3n) is 3.79. The fraction of sp³-hybridized carbons (Fsp3) is 0.643. The number of nitrogens with two attached hydrogens (primary N) is 1. The van der Waals surface area contributed by atoms with Crippen molar-refractivity contribution in [2.24, 2.45) is 17.6 Å². The lowest BCUT2D eigenvalue weighted by molar-refractivity contribution is 0.422. The van der Waals surface area contributed by atoms with Crippen molar-refractivity contribution in [2.45, 2.75) is 33.2 Å². The molecule has 1 aromatic rings. The molecule has 3 heteroatoms. The van der Waals surface area contributed by atoms with Crippen LogP contribution in [0.2, 0.25) is 0 Å². The molecule has 0 saturated carbocycles. The molecule has 0 spiro atoms. The van der Waals surface area contributed by atoms with E-state index in [1.807, 2.05) is 13.1 Å². The number of nitrogens with zero attached hydrogens (tertiary/aromatic N) is 2. The molecule has 1 aliphatic heterocycles. The van der Waals surface area contributed by atoms with Gasteiger partial charge < -0.3 is 10.6 Å². The van der Waals surface area contributed by atoms with Crippen LogP contribution in [0.15, 0.2) is 18.3 Å². The minimum Gasteiger partial charge on any atom is -0.356 e. The number of hydrogen-bond acceptors (Lipinski definition) is 3. The maximum Gasteiger partial charge on any atom is 0.128 e. The standard InChI is InChI=1S/C14H23N3/c1-10(2)13-6-7-17(9-13)14-5-4-12(8-16-14)11(3)15/h4-5,8,10-11,13H,6-7,9,15H2,1-3H3/t11-,13?/m1/s1. The van der Waals surface area contributed by atoms with Crippen molar-refractivity contribution >= 4 is 5.82 Å². The summed E-state index contributed by atoms with van der Waals surface area (Å²) in [6.45, 7) is 8.87. The lowest BCUT2D eigenvalue weighted by Gasteiger charge is -2.19. The molecule has 1 saturated heterocycles. The Morgan fingerprint density at radius 3 is 2.59 bits per heavy atom. The average Bonchev–Trinajstić information content (AvgIpc) is 2.78. The SMILES string of the molecule is CC(C)C1CCN(c2ccc([C@@H](C)N)cn2)C1. The van der Waals surface area contributed by atoms with Crippen LogP contribution in [-0.2, 0) is 0 Å². The second-order valence-electron chi connectivity index (χ2n) is 5.48. The summed E-state index contributed by atoms with van der Waals surface area (Å²) < 4.78 is 0. The highest BCUT2D eigenvalue weighted by Crippen LogP contribution is 2.27. The minimum atomic E-state index is 0.0681. The van der Waals surface area contributed by atoms with Crippen LogP contribution < -0.4 is 10.6 Å². The maximum absolute atomic E-state index is 5.83. The number of aromatic nitrogens is 1. The molecule has 1 fully saturated rings. The maximum atomic E-state index is 5.83. The largest absolute Gasteiger partial charge is 0.356 e. The Morgan fingerprint density at radius 1 is 1.35 bits per heavy atom. The molecule has 0 radical (unpaired) electrons. The van der Waals surface area contributed by atoms with Crippen molar-refractivity contribution in [3.05, 3.63) is 23.9 Å². The Bertz CT molecular complexity index is 356. The molecule has 1 aromatic heterocycles. The molecule has 1 unspecified atom stereocenters. The molecule has 2 atom stereocenters. The fourth-order valence-electron chi connectivity index (χ4n) is 2.39. The molecular weight excluding hydrogens is 210 g/mol. The first-order valence-electron chi connectivity index (χ1n) is 6.54. The predicted octanol–water partition coefficient (Wildman–Crippen LogP) is 2.58.